The molecule has 3 N–H and O–H groups in total. The van der Waals surface area contributed by atoms with E-state index in [-0.39, 0.29) is 42.4 Å². The lowest BCUT2D eigenvalue weighted by Gasteiger charge is -2.15. The lowest BCUT2D eigenvalue weighted by atomic mass is 10.1. The van der Waals surface area contributed by atoms with Gasteiger partial charge in [-0.2, -0.15) is 0 Å². The minimum Gasteiger partial charge on any atom is -0.394 e. The van der Waals surface area contributed by atoms with Crippen molar-refractivity contribution in [2.45, 2.75) is 0 Å². The number of carbonyl (C=O) groups is 1. The van der Waals surface area contributed by atoms with E-state index >= 15 is 4.39 Å². The number of nitrogens with one attached hydrogen (secondary N) is 2. The first-order chi connectivity index (χ1) is 13.4. The van der Waals surface area contributed by atoms with Gasteiger partial charge in [-0.05, 0) is 24.3 Å². The first kappa shape index (κ1) is 20.2. The zero-order chi connectivity index (χ0) is 20.3. The van der Waals surface area contributed by atoms with Crippen molar-refractivity contribution in [3.63, 3.8) is 0 Å². The molecule has 3 rings (SSSR count). The maximum Gasteiger partial charge on any atom is 0.255 e. The molecule has 2 aromatic carbocycles. The highest BCUT2D eigenvalue weighted by Crippen LogP contribution is 2.32. The average Bonchev–Trinajstić information content (AvgIpc) is 3.03. The SMILES string of the molecule is Cn1cnc2c(F)c(Nc3ccc(Br)cc3F)c(C(=O)NCOCCO)cc21. The van der Waals surface area contributed by atoms with Crippen molar-refractivity contribution < 1.29 is 23.4 Å². The number of carbonyl (C=O) groups excluding carboxylic acids is 1. The van der Waals surface area contributed by atoms with E-state index in [0.717, 1.165) is 0 Å². The van der Waals surface area contributed by atoms with Gasteiger partial charge in [-0.3, -0.25) is 4.79 Å². The van der Waals surface area contributed by atoms with E-state index in [9.17, 15) is 9.18 Å². The van der Waals surface area contributed by atoms with Crippen LogP contribution in [0.5, 0.6) is 0 Å². The van der Waals surface area contributed by atoms with Gasteiger partial charge in [0.05, 0.1) is 42.0 Å². The molecule has 1 aromatic heterocycles. The molecular formula is C18H17BrF2N4O3. The minimum atomic E-state index is -0.776. The van der Waals surface area contributed by atoms with Crippen LogP contribution in [-0.2, 0) is 11.8 Å². The number of rotatable bonds is 7. The van der Waals surface area contributed by atoms with Crippen LogP contribution in [0.2, 0.25) is 0 Å². The summed E-state index contributed by atoms with van der Waals surface area (Å²) in [6.07, 6.45) is 1.42. The predicted molar refractivity (Wildman–Crippen MR) is 103 cm³/mol. The number of hydrogen-bond donors (Lipinski definition) is 3. The molecule has 0 saturated heterocycles. The van der Waals surface area contributed by atoms with E-state index in [4.69, 9.17) is 9.84 Å². The van der Waals surface area contributed by atoms with Gasteiger partial charge < -0.3 is 25.0 Å². The van der Waals surface area contributed by atoms with Crippen LogP contribution >= 0.6 is 15.9 Å². The van der Waals surface area contributed by atoms with E-state index in [0.29, 0.717) is 9.99 Å². The molecular weight excluding hydrogens is 438 g/mol. The van der Waals surface area contributed by atoms with Crippen LogP contribution < -0.4 is 10.6 Å². The maximum atomic E-state index is 15.1. The molecule has 1 heterocycles. The summed E-state index contributed by atoms with van der Waals surface area (Å²) in [7, 11) is 1.67. The standard InChI is InChI=1S/C18H17BrF2N4O3/c1-25-8-22-17-14(25)7-11(18(27)23-9-28-5-4-26)16(15(17)21)24-13-3-2-10(19)6-12(13)20/h2-3,6-8,24,26H,4-5,9H2,1H3,(H,23,27). The molecule has 1 amide bonds. The molecule has 0 atom stereocenters. The van der Waals surface area contributed by atoms with Crippen LogP contribution in [0.1, 0.15) is 10.4 Å². The second-order valence-corrected chi connectivity index (χ2v) is 6.78. The summed E-state index contributed by atoms with van der Waals surface area (Å²) < 4.78 is 36.5. The van der Waals surface area contributed by atoms with Crippen LogP contribution in [-0.4, -0.2) is 40.5 Å². The Hall–Kier alpha value is -2.56. The quantitative estimate of drug-likeness (QED) is 0.377. The minimum absolute atomic E-state index is 0.00274. The number of aliphatic hydroxyl groups excluding tert-OH is 1. The number of fused-ring (bicyclic) bond motifs is 1. The van der Waals surface area contributed by atoms with Crippen molar-refractivity contribution in [2.24, 2.45) is 7.05 Å². The van der Waals surface area contributed by atoms with E-state index in [1.54, 1.807) is 17.7 Å². The fourth-order valence-electron chi connectivity index (χ4n) is 2.60. The summed E-state index contributed by atoms with van der Waals surface area (Å²) in [5, 5.41) is 13.9. The Bertz CT molecular complexity index is 1030. The Morgan fingerprint density at radius 2 is 2.14 bits per heavy atom. The third-order valence-corrected chi connectivity index (χ3v) is 4.46. The summed E-state index contributed by atoms with van der Waals surface area (Å²) in [5.74, 6) is -2.02. The maximum absolute atomic E-state index is 15.1. The molecule has 28 heavy (non-hydrogen) atoms. The van der Waals surface area contributed by atoms with Crippen LogP contribution in [0, 0.1) is 11.6 Å². The van der Waals surface area contributed by atoms with Gasteiger partial charge in [0.15, 0.2) is 5.82 Å². The van der Waals surface area contributed by atoms with E-state index in [1.165, 1.54) is 24.5 Å². The highest BCUT2D eigenvalue weighted by Gasteiger charge is 2.22. The second kappa shape index (κ2) is 8.63. The molecule has 0 saturated carbocycles. The Balaban J connectivity index is 2.03. The molecule has 0 radical (unpaired) electrons. The van der Waals surface area contributed by atoms with Gasteiger partial charge in [0, 0.05) is 11.5 Å². The van der Waals surface area contributed by atoms with Crippen molar-refractivity contribution in [3.8, 4) is 0 Å². The number of anilines is 2. The number of hydrogen-bond acceptors (Lipinski definition) is 5. The number of aliphatic hydroxyl groups is 1. The Kier molecular flexibility index (Phi) is 6.22. The first-order valence-corrected chi connectivity index (χ1v) is 9.04. The molecule has 148 valence electrons. The number of nitrogens with zero attached hydrogens (tertiary/aromatic N) is 2. The number of halogens is 3. The molecule has 10 heteroatoms. The lowest BCUT2D eigenvalue weighted by Crippen LogP contribution is -2.27. The second-order valence-electron chi connectivity index (χ2n) is 5.87. The normalized spacial score (nSPS) is 11.0. The van der Waals surface area contributed by atoms with Gasteiger partial charge in [-0.25, -0.2) is 13.8 Å². The van der Waals surface area contributed by atoms with Crippen LogP contribution in [0.15, 0.2) is 35.1 Å². The fourth-order valence-corrected chi connectivity index (χ4v) is 2.93. The highest BCUT2D eigenvalue weighted by molar-refractivity contribution is 9.10. The average molecular weight is 455 g/mol. The molecule has 7 nitrogen and oxygen atoms in total. The van der Waals surface area contributed by atoms with Crippen molar-refractivity contribution in [3.05, 3.63) is 52.3 Å². The smallest absolute Gasteiger partial charge is 0.255 e. The van der Waals surface area contributed by atoms with Crippen molar-refractivity contribution in [1.82, 2.24) is 14.9 Å². The van der Waals surface area contributed by atoms with Gasteiger partial charge in [0.25, 0.3) is 5.91 Å². The van der Waals surface area contributed by atoms with Gasteiger partial charge in [0.1, 0.15) is 18.1 Å². The molecule has 0 spiro atoms. The summed E-state index contributed by atoms with van der Waals surface area (Å²) in [4.78, 5) is 16.6. The third-order valence-electron chi connectivity index (χ3n) is 3.97. The van der Waals surface area contributed by atoms with E-state index < -0.39 is 17.5 Å². The number of aromatic nitrogens is 2. The Morgan fingerprint density at radius 1 is 1.36 bits per heavy atom. The van der Waals surface area contributed by atoms with Gasteiger partial charge in [-0.15, -0.1) is 0 Å². The van der Waals surface area contributed by atoms with Gasteiger partial charge in [-0.1, -0.05) is 15.9 Å². The molecule has 0 unspecified atom stereocenters. The molecule has 0 aliphatic rings. The summed E-state index contributed by atoms with van der Waals surface area (Å²) in [6.45, 7) is -0.317. The van der Waals surface area contributed by atoms with E-state index in [2.05, 4.69) is 31.5 Å². The predicted octanol–water partition coefficient (Wildman–Crippen LogP) is 3.05. The lowest BCUT2D eigenvalue weighted by molar-refractivity contribution is 0.0664. The zero-order valence-corrected chi connectivity index (χ0v) is 16.4. The topological polar surface area (TPSA) is 88.4 Å². The largest absolute Gasteiger partial charge is 0.394 e. The van der Waals surface area contributed by atoms with E-state index in [1.807, 2.05) is 0 Å². The number of amides is 1. The first-order valence-electron chi connectivity index (χ1n) is 8.24. The highest BCUT2D eigenvalue weighted by atomic mass is 79.9. The van der Waals surface area contributed by atoms with Crippen LogP contribution in [0.25, 0.3) is 11.0 Å². The number of ether oxygens (including phenoxy) is 1. The van der Waals surface area contributed by atoms with Gasteiger partial charge >= 0.3 is 0 Å². The molecule has 0 fully saturated rings. The zero-order valence-electron chi connectivity index (χ0n) is 14.8. The van der Waals surface area contributed by atoms with Gasteiger partial charge in [0.2, 0.25) is 0 Å². The molecule has 0 aliphatic heterocycles. The number of aryl methyl sites for hydroxylation is 1. The fraction of sp³-hybridized carbons (Fsp3) is 0.222. The van der Waals surface area contributed by atoms with Crippen molar-refractivity contribution >= 4 is 44.2 Å². The van der Waals surface area contributed by atoms with Crippen LogP contribution in [0.4, 0.5) is 20.2 Å². The molecule has 3 aromatic rings. The molecule has 0 bridgehead atoms. The number of imidazole rings is 1. The Labute approximate surface area is 167 Å². The third kappa shape index (κ3) is 4.13. The Morgan fingerprint density at radius 3 is 2.86 bits per heavy atom. The summed E-state index contributed by atoms with van der Waals surface area (Å²) in [5.41, 5.74) is 0.218. The summed E-state index contributed by atoms with van der Waals surface area (Å²) >= 11 is 3.16. The summed E-state index contributed by atoms with van der Waals surface area (Å²) in [6, 6.07) is 5.70. The van der Waals surface area contributed by atoms with Crippen molar-refractivity contribution in [2.75, 3.05) is 25.3 Å². The number of benzene rings is 2. The van der Waals surface area contributed by atoms with Crippen molar-refractivity contribution in [1.29, 1.82) is 0 Å². The molecule has 0 aliphatic carbocycles. The monoisotopic (exact) mass is 454 g/mol. The van der Waals surface area contributed by atoms with Crippen LogP contribution in [0.3, 0.4) is 0 Å².